The van der Waals surface area contributed by atoms with Gasteiger partial charge in [0.15, 0.2) is 0 Å². The normalized spacial score (nSPS) is 20.3. The molecule has 1 saturated heterocycles. The molecule has 1 aromatic heterocycles. The Labute approximate surface area is 135 Å². The van der Waals surface area contributed by atoms with Gasteiger partial charge >= 0.3 is 6.09 Å². The average Bonchev–Trinajstić information content (AvgIpc) is 3.25. The maximum atomic E-state index is 13.9. The zero-order valence-corrected chi connectivity index (χ0v) is 13.9. The molecule has 0 atom stereocenters. The van der Waals surface area contributed by atoms with Crippen molar-refractivity contribution in [2.24, 2.45) is 0 Å². The van der Waals surface area contributed by atoms with E-state index in [1.165, 1.54) is 0 Å². The van der Waals surface area contributed by atoms with Gasteiger partial charge in [-0.05, 0) is 33.6 Å². The second-order valence-electron chi connectivity index (χ2n) is 7.19. The Kier molecular flexibility index (Phi) is 3.90. The number of piperazine rings is 1. The molecule has 0 N–H and O–H groups in total. The van der Waals surface area contributed by atoms with Crippen LogP contribution in [0.15, 0.2) is 12.4 Å². The molecule has 1 amide bonds. The number of nitrogens with zero attached hydrogens (tertiary/aromatic N) is 4. The molecule has 2 fully saturated rings. The predicted molar refractivity (Wildman–Crippen MR) is 84.1 cm³/mol. The largest absolute Gasteiger partial charge is 0.444 e. The molecule has 1 aliphatic heterocycles. The van der Waals surface area contributed by atoms with E-state index in [1.807, 2.05) is 25.7 Å². The van der Waals surface area contributed by atoms with Crippen molar-refractivity contribution < 1.29 is 13.9 Å². The Hall–Kier alpha value is -1.92. The molecule has 6 nitrogen and oxygen atoms in total. The number of carbonyl (C=O) groups is 1. The highest BCUT2D eigenvalue weighted by Crippen LogP contribution is 2.49. The lowest BCUT2D eigenvalue weighted by atomic mass is 10.2. The molecular weight excluding hydrogens is 299 g/mol. The Balaban J connectivity index is 1.55. The number of anilines is 1. The van der Waals surface area contributed by atoms with Crippen LogP contribution in [0.4, 0.5) is 15.1 Å². The fourth-order valence-electron chi connectivity index (χ4n) is 2.53. The van der Waals surface area contributed by atoms with Crippen LogP contribution in [0.3, 0.4) is 0 Å². The summed E-state index contributed by atoms with van der Waals surface area (Å²) in [6.45, 7) is 7.97. The zero-order chi connectivity index (χ0) is 16.7. The fourth-order valence-corrected chi connectivity index (χ4v) is 2.53. The van der Waals surface area contributed by atoms with E-state index in [0.29, 0.717) is 50.5 Å². The molecule has 0 spiro atoms. The van der Waals surface area contributed by atoms with Crippen LogP contribution in [0.5, 0.6) is 0 Å². The summed E-state index contributed by atoms with van der Waals surface area (Å²) in [5.74, 6) is 0.585. The summed E-state index contributed by atoms with van der Waals surface area (Å²) in [5.41, 5.74) is -1.12. The quantitative estimate of drug-likeness (QED) is 0.837. The first-order chi connectivity index (χ1) is 10.8. The van der Waals surface area contributed by atoms with Gasteiger partial charge in [-0.15, -0.1) is 0 Å². The third-order valence-corrected chi connectivity index (χ3v) is 4.06. The van der Waals surface area contributed by atoms with Crippen LogP contribution in [0.2, 0.25) is 0 Å². The van der Waals surface area contributed by atoms with E-state index >= 15 is 0 Å². The van der Waals surface area contributed by atoms with Crippen molar-refractivity contribution in [3.63, 3.8) is 0 Å². The maximum Gasteiger partial charge on any atom is 0.410 e. The topological polar surface area (TPSA) is 58.6 Å². The number of carbonyl (C=O) groups excluding carboxylic acids is 1. The molecule has 0 bridgehead atoms. The van der Waals surface area contributed by atoms with Gasteiger partial charge in [-0.3, -0.25) is 0 Å². The smallest absolute Gasteiger partial charge is 0.410 e. The van der Waals surface area contributed by atoms with Crippen molar-refractivity contribution in [2.45, 2.75) is 44.9 Å². The van der Waals surface area contributed by atoms with Crippen LogP contribution in [-0.4, -0.2) is 52.7 Å². The molecule has 1 aliphatic carbocycles. The third-order valence-electron chi connectivity index (χ3n) is 4.06. The summed E-state index contributed by atoms with van der Waals surface area (Å²) in [4.78, 5) is 24.3. The first kappa shape index (κ1) is 16.0. The van der Waals surface area contributed by atoms with Gasteiger partial charge in [-0.2, -0.15) is 0 Å². The van der Waals surface area contributed by atoms with Gasteiger partial charge in [0, 0.05) is 44.1 Å². The molecule has 7 heteroatoms. The number of amides is 1. The number of alkyl halides is 1. The van der Waals surface area contributed by atoms with E-state index in [1.54, 1.807) is 17.3 Å². The highest BCUT2D eigenvalue weighted by atomic mass is 19.1. The van der Waals surface area contributed by atoms with Gasteiger partial charge in [0.2, 0.25) is 5.95 Å². The van der Waals surface area contributed by atoms with E-state index in [-0.39, 0.29) is 6.09 Å². The highest BCUT2D eigenvalue weighted by Gasteiger charge is 2.45. The lowest BCUT2D eigenvalue weighted by molar-refractivity contribution is 0.0240. The number of halogens is 1. The molecule has 0 aromatic carbocycles. The summed E-state index contributed by atoms with van der Waals surface area (Å²) in [5, 5.41) is 0. The van der Waals surface area contributed by atoms with E-state index < -0.39 is 11.3 Å². The van der Waals surface area contributed by atoms with Crippen molar-refractivity contribution in [1.82, 2.24) is 14.9 Å². The van der Waals surface area contributed by atoms with Crippen molar-refractivity contribution >= 4 is 12.0 Å². The number of hydrogen-bond acceptors (Lipinski definition) is 5. The molecule has 126 valence electrons. The van der Waals surface area contributed by atoms with Crippen LogP contribution in [-0.2, 0) is 10.4 Å². The van der Waals surface area contributed by atoms with Crippen LogP contribution in [0, 0.1) is 0 Å². The standard InChI is InChI=1S/C16H23FN4O2/c1-15(2,3)23-14(22)21-8-6-20(7-9-21)13-18-10-12(11-19-13)16(17)4-5-16/h10-11H,4-9H2,1-3H3. The van der Waals surface area contributed by atoms with Crippen LogP contribution in [0.25, 0.3) is 0 Å². The lowest BCUT2D eigenvalue weighted by Crippen LogP contribution is -2.50. The average molecular weight is 322 g/mol. The number of ether oxygens (including phenoxy) is 1. The minimum atomic E-state index is -1.20. The van der Waals surface area contributed by atoms with Crippen molar-refractivity contribution in [2.75, 3.05) is 31.1 Å². The van der Waals surface area contributed by atoms with Crippen LogP contribution in [0.1, 0.15) is 39.2 Å². The Morgan fingerprint density at radius 1 is 1.17 bits per heavy atom. The molecule has 0 unspecified atom stereocenters. The first-order valence-electron chi connectivity index (χ1n) is 8.01. The minimum Gasteiger partial charge on any atom is -0.444 e. The van der Waals surface area contributed by atoms with Crippen molar-refractivity contribution in [1.29, 1.82) is 0 Å². The molecule has 2 aliphatic rings. The van der Waals surface area contributed by atoms with Crippen molar-refractivity contribution in [3.05, 3.63) is 18.0 Å². The second kappa shape index (κ2) is 5.62. The van der Waals surface area contributed by atoms with Crippen molar-refractivity contribution in [3.8, 4) is 0 Å². The van der Waals surface area contributed by atoms with Crippen LogP contribution >= 0.6 is 0 Å². The maximum absolute atomic E-state index is 13.9. The molecule has 1 aromatic rings. The van der Waals surface area contributed by atoms with E-state index in [0.717, 1.165) is 0 Å². The van der Waals surface area contributed by atoms with E-state index in [2.05, 4.69) is 9.97 Å². The minimum absolute atomic E-state index is 0.290. The highest BCUT2D eigenvalue weighted by molar-refractivity contribution is 5.68. The summed E-state index contributed by atoms with van der Waals surface area (Å²) >= 11 is 0. The summed E-state index contributed by atoms with van der Waals surface area (Å²) in [6, 6.07) is 0. The van der Waals surface area contributed by atoms with Crippen LogP contribution < -0.4 is 4.90 Å². The van der Waals surface area contributed by atoms with E-state index in [9.17, 15) is 9.18 Å². The van der Waals surface area contributed by atoms with Gasteiger partial charge in [-0.1, -0.05) is 0 Å². The first-order valence-corrected chi connectivity index (χ1v) is 8.01. The van der Waals surface area contributed by atoms with Gasteiger partial charge < -0.3 is 14.5 Å². The van der Waals surface area contributed by atoms with Gasteiger partial charge in [0.25, 0.3) is 0 Å². The van der Waals surface area contributed by atoms with Gasteiger partial charge in [0.05, 0.1) is 0 Å². The second-order valence-corrected chi connectivity index (χ2v) is 7.19. The Morgan fingerprint density at radius 3 is 2.22 bits per heavy atom. The third kappa shape index (κ3) is 3.71. The summed E-state index contributed by atoms with van der Waals surface area (Å²) < 4.78 is 19.3. The Bertz CT molecular complexity index is 573. The lowest BCUT2D eigenvalue weighted by Gasteiger charge is -2.35. The molecule has 2 heterocycles. The number of rotatable bonds is 2. The zero-order valence-electron chi connectivity index (χ0n) is 13.9. The summed E-state index contributed by atoms with van der Waals surface area (Å²) in [6.07, 6.45) is 3.99. The SMILES string of the molecule is CC(C)(C)OC(=O)N1CCN(c2ncc(C3(F)CC3)cn2)CC1. The van der Waals surface area contributed by atoms with Gasteiger partial charge in [0.1, 0.15) is 11.3 Å². The molecule has 23 heavy (non-hydrogen) atoms. The van der Waals surface area contributed by atoms with E-state index in [4.69, 9.17) is 4.74 Å². The number of aromatic nitrogens is 2. The summed E-state index contributed by atoms with van der Waals surface area (Å²) in [7, 11) is 0. The molecule has 0 radical (unpaired) electrons. The molecule has 3 rings (SSSR count). The molecular formula is C16H23FN4O2. The van der Waals surface area contributed by atoms with Gasteiger partial charge in [-0.25, -0.2) is 19.2 Å². The fraction of sp³-hybridized carbons (Fsp3) is 0.688. The monoisotopic (exact) mass is 322 g/mol. The predicted octanol–water partition coefficient (Wildman–Crippen LogP) is 2.49. The Morgan fingerprint density at radius 2 is 1.74 bits per heavy atom. The molecule has 1 saturated carbocycles. The number of hydrogen-bond donors (Lipinski definition) is 0.